The van der Waals surface area contributed by atoms with E-state index in [-0.39, 0.29) is 17.8 Å². The quantitative estimate of drug-likeness (QED) is 0.212. The molecule has 5 nitrogen and oxygen atoms in total. The minimum atomic E-state index is -0.220. The molecule has 160 valence electrons. The Morgan fingerprint density at radius 2 is 1.67 bits per heavy atom. The zero-order valence-electron chi connectivity index (χ0n) is 17.1. The highest BCUT2D eigenvalue weighted by Gasteiger charge is 2.29. The maximum Gasteiger partial charge on any atom is 0.314 e. The van der Waals surface area contributed by atoms with Crippen molar-refractivity contribution in [1.29, 1.82) is 0 Å². The lowest BCUT2D eigenvalue weighted by atomic mass is 9.96. The van der Waals surface area contributed by atoms with Crippen LogP contribution >= 0.6 is 24.4 Å². The van der Waals surface area contributed by atoms with Gasteiger partial charge in [-0.2, -0.15) is 12.6 Å². The van der Waals surface area contributed by atoms with Gasteiger partial charge < -0.3 is 14.4 Å². The van der Waals surface area contributed by atoms with Crippen molar-refractivity contribution in [2.24, 2.45) is 5.92 Å². The molecule has 30 heavy (non-hydrogen) atoms. The number of carbonyl (C=O) groups is 2. The number of carbonyl (C=O) groups excluding carboxylic acids is 2. The summed E-state index contributed by atoms with van der Waals surface area (Å²) < 4.78 is 10.7. The SMILES string of the molecule is COc1ccc(C(=O)N2CCC(C(=O)Oc3ccc(SCCCS)cc3)CC2)cc1. The van der Waals surface area contributed by atoms with Crippen LogP contribution in [0.2, 0.25) is 0 Å². The van der Waals surface area contributed by atoms with Gasteiger partial charge in [-0.05, 0) is 79.3 Å². The molecule has 1 amide bonds. The number of benzene rings is 2. The molecule has 7 heteroatoms. The van der Waals surface area contributed by atoms with Crippen molar-refractivity contribution in [1.82, 2.24) is 4.90 Å². The van der Waals surface area contributed by atoms with E-state index in [0.29, 0.717) is 37.2 Å². The molecule has 1 saturated heterocycles. The fourth-order valence-electron chi connectivity index (χ4n) is 3.29. The highest BCUT2D eigenvalue weighted by molar-refractivity contribution is 7.99. The van der Waals surface area contributed by atoms with Gasteiger partial charge in [0.1, 0.15) is 11.5 Å². The average molecular weight is 446 g/mol. The molecular formula is C23H27NO4S2. The van der Waals surface area contributed by atoms with Crippen LogP contribution in [-0.4, -0.2) is 48.5 Å². The summed E-state index contributed by atoms with van der Waals surface area (Å²) in [6, 6.07) is 14.7. The van der Waals surface area contributed by atoms with E-state index >= 15 is 0 Å². The van der Waals surface area contributed by atoms with Crippen LogP contribution < -0.4 is 9.47 Å². The Labute approximate surface area is 187 Å². The molecule has 1 heterocycles. The fourth-order valence-corrected chi connectivity index (χ4v) is 4.52. The van der Waals surface area contributed by atoms with E-state index in [1.165, 1.54) is 0 Å². The van der Waals surface area contributed by atoms with E-state index in [9.17, 15) is 9.59 Å². The first-order chi connectivity index (χ1) is 14.6. The third-order valence-corrected chi connectivity index (χ3v) is 6.48. The molecule has 1 aliphatic rings. The molecule has 0 saturated carbocycles. The second-order valence-corrected chi connectivity index (χ2v) is 8.73. The van der Waals surface area contributed by atoms with Crippen molar-refractivity contribution in [3.8, 4) is 11.5 Å². The van der Waals surface area contributed by atoms with Crippen molar-refractivity contribution in [3.63, 3.8) is 0 Å². The molecule has 1 fully saturated rings. The van der Waals surface area contributed by atoms with Gasteiger partial charge in [-0.15, -0.1) is 11.8 Å². The lowest BCUT2D eigenvalue weighted by Crippen LogP contribution is -2.41. The van der Waals surface area contributed by atoms with Crippen molar-refractivity contribution in [2.45, 2.75) is 24.2 Å². The molecule has 0 aromatic heterocycles. The number of ether oxygens (including phenoxy) is 2. The molecule has 0 radical (unpaired) electrons. The predicted octanol–water partition coefficient (Wildman–Crippen LogP) is 4.57. The van der Waals surface area contributed by atoms with Crippen LogP contribution in [-0.2, 0) is 4.79 Å². The second-order valence-electron chi connectivity index (χ2n) is 7.11. The van der Waals surface area contributed by atoms with E-state index < -0.39 is 0 Å². The summed E-state index contributed by atoms with van der Waals surface area (Å²) in [5.74, 6) is 2.77. The molecule has 0 unspecified atom stereocenters. The minimum Gasteiger partial charge on any atom is -0.497 e. The van der Waals surface area contributed by atoms with Crippen molar-refractivity contribution < 1.29 is 19.1 Å². The molecule has 0 atom stereocenters. The van der Waals surface area contributed by atoms with Crippen LogP contribution in [0.3, 0.4) is 0 Å². The van der Waals surface area contributed by atoms with E-state index in [0.717, 1.165) is 28.6 Å². The van der Waals surface area contributed by atoms with E-state index in [2.05, 4.69) is 12.6 Å². The maximum atomic E-state index is 12.7. The maximum absolute atomic E-state index is 12.7. The molecular weight excluding hydrogens is 418 g/mol. The number of rotatable bonds is 8. The topological polar surface area (TPSA) is 55.8 Å². The number of methoxy groups -OCH3 is 1. The Morgan fingerprint density at radius 3 is 2.27 bits per heavy atom. The Kier molecular flexibility index (Phi) is 8.51. The standard InChI is InChI=1S/C23H27NO4S2/c1-27-19-5-3-17(4-6-19)22(25)24-13-11-18(12-14-24)23(26)28-20-7-9-21(10-8-20)30-16-2-15-29/h3-10,18,29H,2,11-16H2,1H3. The summed E-state index contributed by atoms with van der Waals surface area (Å²) in [6.45, 7) is 1.09. The zero-order valence-corrected chi connectivity index (χ0v) is 18.8. The monoisotopic (exact) mass is 445 g/mol. The summed E-state index contributed by atoms with van der Waals surface area (Å²) in [5.41, 5.74) is 0.629. The highest BCUT2D eigenvalue weighted by Crippen LogP contribution is 2.25. The number of likely N-dealkylation sites (tertiary alicyclic amines) is 1. The number of thioether (sulfide) groups is 1. The van der Waals surface area contributed by atoms with Crippen LogP contribution in [0.1, 0.15) is 29.6 Å². The minimum absolute atomic E-state index is 0.0181. The molecule has 0 spiro atoms. The number of hydrogen-bond acceptors (Lipinski definition) is 6. The van der Waals surface area contributed by atoms with E-state index in [1.807, 2.05) is 24.3 Å². The predicted molar refractivity (Wildman–Crippen MR) is 123 cm³/mol. The van der Waals surface area contributed by atoms with Crippen molar-refractivity contribution >= 4 is 36.3 Å². The van der Waals surface area contributed by atoms with Crippen LogP contribution in [0.25, 0.3) is 0 Å². The van der Waals surface area contributed by atoms with Crippen molar-refractivity contribution in [3.05, 3.63) is 54.1 Å². The first kappa shape index (κ1) is 22.6. The average Bonchev–Trinajstić information content (AvgIpc) is 2.80. The van der Waals surface area contributed by atoms with Crippen LogP contribution in [0, 0.1) is 5.92 Å². The summed E-state index contributed by atoms with van der Waals surface area (Å²) in [6.07, 6.45) is 2.28. The highest BCUT2D eigenvalue weighted by atomic mass is 32.2. The fraction of sp³-hybridized carbons (Fsp3) is 0.391. The Morgan fingerprint density at radius 1 is 1.03 bits per heavy atom. The third-order valence-electron chi connectivity index (χ3n) is 5.07. The van der Waals surface area contributed by atoms with Gasteiger partial charge in [0, 0.05) is 23.5 Å². The third kappa shape index (κ3) is 6.19. The van der Waals surface area contributed by atoms with Gasteiger partial charge in [0.05, 0.1) is 13.0 Å². The first-order valence-electron chi connectivity index (χ1n) is 10.1. The number of amides is 1. The number of thiol groups is 1. The summed E-state index contributed by atoms with van der Waals surface area (Å²) in [4.78, 5) is 28.1. The molecule has 2 aromatic rings. The number of esters is 1. The lowest BCUT2D eigenvalue weighted by molar-refractivity contribution is -0.140. The smallest absolute Gasteiger partial charge is 0.314 e. The Hall–Kier alpha value is -2.12. The van der Waals surface area contributed by atoms with Gasteiger partial charge in [0.15, 0.2) is 0 Å². The summed E-state index contributed by atoms with van der Waals surface area (Å²) in [7, 11) is 1.60. The zero-order chi connectivity index (χ0) is 21.3. The Bertz CT molecular complexity index is 831. The molecule has 0 N–H and O–H groups in total. The first-order valence-corrected chi connectivity index (χ1v) is 11.7. The Balaban J connectivity index is 1.47. The second kappa shape index (κ2) is 11.3. The van der Waals surface area contributed by atoms with Crippen LogP contribution in [0.4, 0.5) is 0 Å². The number of piperidine rings is 1. The van der Waals surface area contributed by atoms with E-state index in [1.54, 1.807) is 48.0 Å². The summed E-state index contributed by atoms with van der Waals surface area (Å²) >= 11 is 5.99. The summed E-state index contributed by atoms with van der Waals surface area (Å²) in [5, 5.41) is 0. The van der Waals surface area contributed by atoms with Gasteiger partial charge in [0.25, 0.3) is 5.91 Å². The van der Waals surface area contributed by atoms with Gasteiger partial charge in [-0.3, -0.25) is 9.59 Å². The van der Waals surface area contributed by atoms with Crippen molar-refractivity contribution in [2.75, 3.05) is 31.7 Å². The van der Waals surface area contributed by atoms with E-state index in [4.69, 9.17) is 9.47 Å². The number of nitrogens with zero attached hydrogens (tertiary/aromatic N) is 1. The molecule has 2 aromatic carbocycles. The van der Waals surface area contributed by atoms with Gasteiger partial charge in [-0.25, -0.2) is 0 Å². The normalized spacial score (nSPS) is 14.4. The largest absolute Gasteiger partial charge is 0.497 e. The van der Waals surface area contributed by atoms with Gasteiger partial charge >= 0.3 is 5.97 Å². The van der Waals surface area contributed by atoms with Crippen LogP contribution in [0.5, 0.6) is 11.5 Å². The number of hydrogen-bond donors (Lipinski definition) is 1. The van der Waals surface area contributed by atoms with Gasteiger partial charge in [-0.1, -0.05) is 0 Å². The van der Waals surface area contributed by atoms with Gasteiger partial charge in [0.2, 0.25) is 0 Å². The molecule has 1 aliphatic heterocycles. The molecule has 0 bridgehead atoms. The molecule has 0 aliphatic carbocycles. The lowest BCUT2D eigenvalue weighted by Gasteiger charge is -2.31. The van der Waals surface area contributed by atoms with Crippen LogP contribution in [0.15, 0.2) is 53.4 Å². The molecule has 3 rings (SSSR count).